The highest BCUT2D eigenvalue weighted by Crippen LogP contribution is 2.30. The lowest BCUT2D eigenvalue weighted by molar-refractivity contribution is -0.128. The third-order valence-corrected chi connectivity index (χ3v) is 5.00. The van der Waals surface area contributed by atoms with E-state index in [2.05, 4.69) is 25.2 Å². The first-order valence-electron chi connectivity index (χ1n) is 8.51. The molecule has 130 valence electrons. The molecule has 1 saturated carbocycles. The third-order valence-electron chi connectivity index (χ3n) is 5.00. The van der Waals surface area contributed by atoms with Gasteiger partial charge in [0.25, 0.3) is 5.91 Å². The minimum atomic E-state index is -0.628. The van der Waals surface area contributed by atoms with Crippen molar-refractivity contribution in [2.45, 2.75) is 52.2 Å². The molecule has 24 heavy (non-hydrogen) atoms. The first-order chi connectivity index (χ1) is 11.5. The van der Waals surface area contributed by atoms with Gasteiger partial charge in [0.2, 0.25) is 0 Å². The monoisotopic (exact) mass is 330 g/mol. The van der Waals surface area contributed by atoms with E-state index in [0.29, 0.717) is 28.9 Å². The summed E-state index contributed by atoms with van der Waals surface area (Å²) in [5, 5.41) is 12.1. The fourth-order valence-corrected chi connectivity index (χ4v) is 3.16. The Kier molecular flexibility index (Phi) is 6.08. The van der Waals surface area contributed by atoms with Crippen LogP contribution in [0, 0.1) is 23.2 Å². The number of ether oxygens (including phenoxy) is 2. The van der Waals surface area contributed by atoms with Crippen LogP contribution in [0.4, 0.5) is 0 Å². The van der Waals surface area contributed by atoms with Gasteiger partial charge in [-0.2, -0.15) is 5.26 Å². The molecule has 1 aromatic carbocycles. The van der Waals surface area contributed by atoms with Crippen molar-refractivity contribution in [1.82, 2.24) is 5.32 Å². The van der Waals surface area contributed by atoms with Crippen molar-refractivity contribution in [3.05, 3.63) is 23.8 Å². The Morgan fingerprint density at radius 2 is 2.08 bits per heavy atom. The second kappa shape index (κ2) is 8.05. The zero-order valence-electron chi connectivity index (χ0n) is 14.8. The van der Waals surface area contributed by atoms with Crippen LogP contribution in [0.15, 0.2) is 18.2 Å². The Hall–Kier alpha value is -2.22. The minimum absolute atomic E-state index is 0.118. The van der Waals surface area contributed by atoms with Crippen molar-refractivity contribution in [1.29, 1.82) is 5.26 Å². The van der Waals surface area contributed by atoms with Crippen LogP contribution >= 0.6 is 0 Å². The third kappa shape index (κ3) is 4.19. The van der Waals surface area contributed by atoms with Gasteiger partial charge in [0.15, 0.2) is 17.6 Å². The zero-order valence-corrected chi connectivity index (χ0v) is 14.8. The molecule has 0 aromatic heterocycles. The molecular weight excluding hydrogens is 304 g/mol. The number of nitriles is 1. The number of benzene rings is 1. The van der Waals surface area contributed by atoms with E-state index in [9.17, 15) is 4.79 Å². The summed E-state index contributed by atoms with van der Waals surface area (Å²) < 4.78 is 11.0. The molecule has 1 aliphatic rings. The van der Waals surface area contributed by atoms with E-state index in [4.69, 9.17) is 14.7 Å². The molecule has 4 atom stereocenters. The van der Waals surface area contributed by atoms with Gasteiger partial charge in [0.1, 0.15) is 0 Å². The number of nitrogens with one attached hydrogen (secondary N) is 1. The van der Waals surface area contributed by atoms with Crippen molar-refractivity contribution < 1.29 is 14.3 Å². The number of nitrogens with zero attached hydrogens (tertiary/aromatic N) is 1. The summed E-state index contributed by atoms with van der Waals surface area (Å²) >= 11 is 0. The lowest BCUT2D eigenvalue weighted by Crippen LogP contribution is -2.48. The summed E-state index contributed by atoms with van der Waals surface area (Å²) in [7, 11) is 1.51. The van der Waals surface area contributed by atoms with Crippen LogP contribution in [0.5, 0.6) is 11.5 Å². The smallest absolute Gasteiger partial charge is 0.261 e. The molecular formula is C19H26N2O3. The number of methoxy groups -OCH3 is 1. The van der Waals surface area contributed by atoms with E-state index in [0.717, 1.165) is 12.8 Å². The Labute approximate surface area is 144 Å². The fourth-order valence-electron chi connectivity index (χ4n) is 3.16. The van der Waals surface area contributed by atoms with Crippen LogP contribution in [-0.4, -0.2) is 25.2 Å². The second-order valence-electron chi connectivity index (χ2n) is 6.62. The molecule has 1 aliphatic carbocycles. The van der Waals surface area contributed by atoms with Crippen LogP contribution < -0.4 is 14.8 Å². The number of hydrogen-bond donors (Lipinski definition) is 1. The maximum Gasteiger partial charge on any atom is 0.261 e. The molecule has 5 nitrogen and oxygen atoms in total. The van der Waals surface area contributed by atoms with Crippen molar-refractivity contribution in [3.63, 3.8) is 0 Å². The highest BCUT2D eigenvalue weighted by atomic mass is 16.5. The molecule has 1 N–H and O–H groups in total. The van der Waals surface area contributed by atoms with Crippen LogP contribution in [0.2, 0.25) is 0 Å². The molecule has 0 radical (unpaired) electrons. The van der Waals surface area contributed by atoms with Gasteiger partial charge < -0.3 is 14.8 Å². The zero-order chi connectivity index (χ0) is 17.7. The highest BCUT2D eigenvalue weighted by molar-refractivity contribution is 5.81. The highest BCUT2D eigenvalue weighted by Gasteiger charge is 2.29. The molecule has 2 rings (SSSR count). The Morgan fingerprint density at radius 1 is 1.33 bits per heavy atom. The molecule has 0 spiro atoms. The lowest BCUT2D eigenvalue weighted by atomic mass is 9.78. The molecule has 0 saturated heterocycles. The van der Waals surface area contributed by atoms with Crippen molar-refractivity contribution in [2.24, 2.45) is 11.8 Å². The largest absolute Gasteiger partial charge is 0.493 e. The summed E-state index contributed by atoms with van der Waals surface area (Å²) in [6, 6.07) is 7.16. The number of carbonyl (C=O) groups is 1. The van der Waals surface area contributed by atoms with E-state index in [1.165, 1.54) is 13.5 Å². The molecule has 0 aliphatic heterocycles. The van der Waals surface area contributed by atoms with Crippen LogP contribution in [-0.2, 0) is 4.79 Å². The van der Waals surface area contributed by atoms with Crippen LogP contribution in [0.3, 0.4) is 0 Å². The summed E-state index contributed by atoms with van der Waals surface area (Å²) in [5.41, 5.74) is 0.487. The van der Waals surface area contributed by atoms with E-state index < -0.39 is 6.10 Å². The quantitative estimate of drug-likeness (QED) is 0.899. The normalized spacial score (nSPS) is 24.5. The second-order valence-corrected chi connectivity index (χ2v) is 6.62. The Balaban J connectivity index is 2.00. The number of amides is 1. The predicted octanol–water partition coefficient (Wildman–Crippen LogP) is 3.28. The molecule has 0 unspecified atom stereocenters. The number of rotatable bonds is 5. The maximum atomic E-state index is 12.5. The van der Waals surface area contributed by atoms with Gasteiger partial charge in [-0.1, -0.05) is 26.7 Å². The standard InChI is InChI=1S/C19H26N2O3/c1-12-6-5-7-16(13(12)2)21-19(22)14(3)24-17-9-8-15(11-20)10-18(17)23-4/h8-10,12-14,16H,5-7H2,1-4H3,(H,21,22)/t12-,13+,14+,16-/m0/s1. The van der Waals surface area contributed by atoms with Crippen LogP contribution in [0.1, 0.15) is 45.6 Å². The molecule has 5 heteroatoms. The predicted molar refractivity (Wildman–Crippen MR) is 91.9 cm³/mol. The first-order valence-corrected chi connectivity index (χ1v) is 8.51. The molecule has 1 fully saturated rings. The Morgan fingerprint density at radius 3 is 2.75 bits per heavy atom. The molecule has 0 heterocycles. The minimum Gasteiger partial charge on any atom is -0.493 e. The maximum absolute atomic E-state index is 12.5. The van der Waals surface area contributed by atoms with Gasteiger partial charge >= 0.3 is 0 Å². The average molecular weight is 330 g/mol. The first kappa shape index (κ1) is 18.1. The van der Waals surface area contributed by atoms with Crippen molar-refractivity contribution >= 4 is 5.91 Å². The van der Waals surface area contributed by atoms with Gasteiger partial charge in [0.05, 0.1) is 18.7 Å². The number of carbonyl (C=O) groups excluding carboxylic acids is 1. The molecule has 0 bridgehead atoms. The van der Waals surface area contributed by atoms with Gasteiger partial charge in [-0.25, -0.2) is 0 Å². The van der Waals surface area contributed by atoms with Crippen molar-refractivity contribution in [3.8, 4) is 17.6 Å². The average Bonchev–Trinajstić information content (AvgIpc) is 2.59. The molecule has 1 amide bonds. The van der Waals surface area contributed by atoms with E-state index in [-0.39, 0.29) is 11.9 Å². The molecule has 1 aromatic rings. The summed E-state index contributed by atoms with van der Waals surface area (Å²) in [5.74, 6) is 1.89. The van der Waals surface area contributed by atoms with E-state index >= 15 is 0 Å². The van der Waals surface area contributed by atoms with Crippen LogP contribution in [0.25, 0.3) is 0 Å². The summed E-state index contributed by atoms with van der Waals surface area (Å²) in [4.78, 5) is 12.5. The van der Waals surface area contributed by atoms with Gasteiger partial charge in [0, 0.05) is 12.1 Å². The number of hydrogen-bond acceptors (Lipinski definition) is 4. The van der Waals surface area contributed by atoms with E-state index in [1.807, 2.05) is 0 Å². The van der Waals surface area contributed by atoms with E-state index in [1.54, 1.807) is 25.1 Å². The van der Waals surface area contributed by atoms with Gasteiger partial charge in [-0.3, -0.25) is 4.79 Å². The van der Waals surface area contributed by atoms with Gasteiger partial charge in [-0.15, -0.1) is 0 Å². The fraction of sp³-hybridized carbons (Fsp3) is 0.579. The SMILES string of the molecule is COc1cc(C#N)ccc1O[C@H](C)C(=O)N[C@H]1CCC[C@H](C)[C@H]1C. The summed E-state index contributed by atoms with van der Waals surface area (Å²) in [6.45, 7) is 6.17. The Bertz CT molecular complexity index is 624. The topological polar surface area (TPSA) is 71.3 Å². The van der Waals surface area contributed by atoms with Crippen molar-refractivity contribution in [2.75, 3.05) is 7.11 Å². The van der Waals surface area contributed by atoms with Gasteiger partial charge in [-0.05, 0) is 37.3 Å². The summed E-state index contributed by atoms with van der Waals surface area (Å²) in [6.07, 6.45) is 2.76. The lowest BCUT2D eigenvalue weighted by Gasteiger charge is -2.35.